The van der Waals surface area contributed by atoms with Gasteiger partial charge in [0.25, 0.3) is 0 Å². The van der Waals surface area contributed by atoms with Crippen molar-refractivity contribution >= 4 is 11.6 Å². The van der Waals surface area contributed by atoms with E-state index in [1.54, 1.807) is 12.4 Å². The SMILES string of the molecule is Oc1cc(Cl)c[n+](Cc2ccccc2)c1. The van der Waals surface area contributed by atoms with Crippen molar-refractivity contribution in [2.45, 2.75) is 6.54 Å². The van der Waals surface area contributed by atoms with E-state index in [4.69, 9.17) is 11.6 Å². The van der Waals surface area contributed by atoms with Crippen LogP contribution < -0.4 is 4.57 Å². The number of nitrogens with zero attached hydrogens (tertiary/aromatic N) is 1. The van der Waals surface area contributed by atoms with Crippen LogP contribution in [-0.4, -0.2) is 5.11 Å². The summed E-state index contributed by atoms with van der Waals surface area (Å²) in [7, 11) is 0. The van der Waals surface area contributed by atoms with E-state index in [1.165, 1.54) is 11.6 Å². The lowest BCUT2D eigenvalue weighted by atomic mass is 10.2. The van der Waals surface area contributed by atoms with Crippen molar-refractivity contribution in [1.29, 1.82) is 0 Å². The lowest BCUT2D eigenvalue weighted by Gasteiger charge is -1.98. The Morgan fingerprint density at radius 2 is 1.87 bits per heavy atom. The molecule has 76 valence electrons. The minimum atomic E-state index is 0.179. The number of rotatable bonds is 2. The van der Waals surface area contributed by atoms with E-state index < -0.39 is 0 Å². The third kappa shape index (κ3) is 2.70. The van der Waals surface area contributed by atoms with Crippen LogP contribution in [0, 0.1) is 0 Å². The predicted octanol–water partition coefficient (Wildman–Crippen LogP) is 2.38. The van der Waals surface area contributed by atoms with E-state index in [1.807, 2.05) is 34.9 Å². The summed E-state index contributed by atoms with van der Waals surface area (Å²) >= 11 is 5.84. The molecular weight excluding hydrogens is 210 g/mol. The van der Waals surface area contributed by atoms with E-state index in [0.29, 0.717) is 11.6 Å². The van der Waals surface area contributed by atoms with Gasteiger partial charge in [-0.15, -0.1) is 0 Å². The third-order valence-corrected chi connectivity index (χ3v) is 2.29. The first kappa shape index (κ1) is 9.99. The molecule has 0 amide bonds. The topological polar surface area (TPSA) is 24.1 Å². The fraction of sp³-hybridized carbons (Fsp3) is 0.0833. The molecule has 0 bridgehead atoms. The first-order valence-corrected chi connectivity index (χ1v) is 5.04. The number of hydrogen-bond donors (Lipinski definition) is 1. The highest BCUT2D eigenvalue weighted by molar-refractivity contribution is 6.30. The van der Waals surface area contributed by atoms with E-state index >= 15 is 0 Å². The largest absolute Gasteiger partial charge is 0.503 e. The van der Waals surface area contributed by atoms with E-state index in [0.717, 1.165) is 0 Å². The van der Waals surface area contributed by atoms with Crippen LogP contribution >= 0.6 is 11.6 Å². The Kier molecular flexibility index (Phi) is 2.88. The minimum absolute atomic E-state index is 0.179. The summed E-state index contributed by atoms with van der Waals surface area (Å²) < 4.78 is 1.85. The number of pyridine rings is 1. The molecule has 15 heavy (non-hydrogen) atoms. The van der Waals surface area contributed by atoms with Gasteiger partial charge in [0.05, 0.1) is 0 Å². The zero-order chi connectivity index (χ0) is 10.7. The van der Waals surface area contributed by atoms with Gasteiger partial charge in [0.2, 0.25) is 6.20 Å². The van der Waals surface area contributed by atoms with Crippen molar-refractivity contribution in [2.75, 3.05) is 0 Å². The highest BCUT2D eigenvalue weighted by Gasteiger charge is 2.06. The number of aromatic nitrogens is 1. The maximum atomic E-state index is 9.37. The Hall–Kier alpha value is -1.54. The molecule has 2 aromatic rings. The summed E-state index contributed by atoms with van der Waals surface area (Å²) in [6.07, 6.45) is 3.44. The van der Waals surface area contributed by atoms with Crippen molar-refractivity contribution in [2.24, 2.45) is 0 Å². The fourth-order valence-corrected chi connectivity index (χ4v) is 1.70. The molecular formula is C12H11ClNO+. The summed E-state index contributed by atoms with van der Waals surface area (Å²) in [5.41, 5.74) is 1.17. The monoisotopic (exact) mass is 220 g/mol. The molecule has 0 atom stereocenters. The molecule has 1 aromatic carbocycles. The minimum Gasteiger partial charge on any atom is -0.503 e. The number of halogens is 1. The van der Waals surface area contributed by atoms with Crippen LogP contribution in [0.15, 0.2) is 48.8 Å². The van der Waals surface area contributed by atoms with Gasteiger partial charge in [-0.05, 0) is 0 Å². The summed E-state index contributed by atoms with van der Waals surface area (Å²) in [6, 6.07) is 11.5. The Labute approximate surface area is 93.4 Å². The van der Waals surface area contributed by atoms with Gasteiger partial charge < -0.3 is 5.11 Å². The average Bonchev–Trinajstić information content (AvgIpc) is 2.17. The second-order valence-corrected chi connectivity index (χ2v) is 3.81. The number of hydrogen-bond acceptors (Lipinski definition) is 1. The first-order valence-electron chi connectivity index (χ1n) is 4.66. The van der Waals surface area contributed by atoms with Crippen LogP contribution in [-0.2, 0) is 6.54 Å². The Bertz CT molecular complexity index is 436. The second-order valence-electron chi connectivity index (χ2n) is 3.37. The van der Waals surface area contributed by atoms with Gasteiger partial charge in [0, 0.05) is 11.6 Å². The van der Waals surface area contributed by atoms with Gasteiger partial charge in [-0.25, -0.2) is 0 Å². The summed E-state index contributed by atoms with van der Waals surface area (Å²) in [6.45, 7) is 0.703. The third-order valence-electron chi connectivity index (χ3n) is 2.08. The highest BCUT2D eigenvalue weighted by Crippen LogP contribution is 2.12. The van der Waals surface area contributed by atoms with Gasteiger partial charge in [-0.1, -0.05) is 41.9 Å². The Morgan fingerprint density at radius 3 is 2.53 bits per heavy atom. The van der Waals surface area contributed by atoms with Gasteiger partial charge in [0.1, 0.15) is 5.02 Å². The maximum absolute atomic E-state index is 9.37. The molecule has 0 aliphatic rings. The molecule has 0 radical (unpaired) electrons. The molecule has 1 aromatic heterocycles. The second kappa shape index (κ2) is 4.32. The predicted molar refractivity (Wildman–Crippen MR) is 58.9 cm³/mol. The Balaban J connectivity index is 2.25. The van der Waals surface area contributed by atoms with Crippen molar-refractivity contribution in [1.82, 2.24) is 0 Å². The van der Waals surface area contributed by atoms with Gasteiger partial charge in [-0.3, -0.25) is 0 Å². The van der Waals surface area contributed by atoms with Crippen molar-refractivity contribution < 1.29 is 9.67 Å². The molecule has 2 rings (SSSR count). The van der Waals surface area contributed by atoms with E-state index in [9.17, 15) is 5.11 Å². The molecule has 0 saturated carbocycles. The van der Waals surface area contributed by atoms with Crippen LogP contribution in [0.1, 0.15) is 5.56 Å². The summed E-state index contributed by atoms with van der Waals surface area (Å²) in [5.74, 6) is 0.179. The zero-order valence-corrected chi connectivity index (χ0v) is 8.85. The van der Waals surface area contributed by atoms with Crippen molar-refractivity contribution in [3.8, 4) is 5.75 Å². The number of benzene rings is 1. The van der Waals surface area contributed by atoms with E-state index in [-0.39, 0.29) is 5.75 Å². The molecule has 0 spiro atoms. The fourth-order valence-electron chi connectivity index (χ4n) is 1.47. The molecule has 3 heteroatoms. The van der Waals surface area contributed by atoms with Gasteiger partial charge >= 0.3 is 0 Å². The molecule has 1 heterocycles. The standard InChI is InChI=1S/C12H10ClNO/c13-11-6-12(15)9-14(8-11)7-10-4-2-1-3-5-10/h1-6,8-9H,7H2/p+1. The van der Waals surface area contributed by atoms with Crippen LogP contribution in [0.4, 0.5) is 0 Å². The molecule has 0 aliphatic heterocycles. The summed E-state index contributed by atoms with van der Waals surface area (Å²) in [5, 5.41) is 9.90. The highest BCUT2D eigenvalue weighted by atomic mass is 35.5. The van der Waals surface area contributed by atoms with E-state index in [2.05, 4.69) is 0 Å². The zero-order valence-electron chi connectivity index (χ0n) is 8.10. The molecule has 0 unspecified atom stereocenters. The van der Waals surface area contributed by atoms with Crippen molar-refractivity contribution in [3.05, 3.63) is 59.4 Å². The molecule has 1 N–H and O–H groups in total. The van der Waals surface area contributed by atoms with Crippen LogP contribution in [0.2, 0.25) is 5.02 Å². The molecule has 0 saturated heterocycles. The van der Waals surface area contributed by atoms with Gasteiger partial charge in [-0.2, -0.15) is 4.57 Å². The van der Waals surface area contributed by atoms with Crippen LogP contribution in [0.3, 0.4) is 0 Å². The molecule has 0 aliphatic carbocycles. The van der Waals surface area contributed by atoms with Crippen LogP contribution in [0.25, 0.3) is 0 Å². The lowest BCUT2D eigenvalue weighted by molar-refractivity contribution is -0.688. The lowest BCUT2D eigenvalue weighted by Crippen LogP contribution is -2.33. The normalized spacial score (nSPS) is 10.2. The molecule has 0 fully saturated rings. The quantitative estimate of drug-likeness (QED) is 0.773. The van der Waals surface area contributed by atoms with Crippen molar-refractivity contribution in [3.63, 3.8) is 0 Å². The average molecular weight is 221 g/mol. The summed E-state index contributed by atoms with van der Waals surface area (Å²) in [4.78, 5) is 0. The Morgan fingerprint density at radius 1 is 1.13 bits per heavy atom. The first-order chi connectivity index (χ1) is 7.24. The molecule has 2 nitrogen and oxygen atoms in total. The van der Waals surface area contributed by atoms with Gasteiger partial charge in [0.15, 0.2) is 18.5 Å². The van der Waals surface area contributed by atoms with Crippen LogP contribution in [0.5, 0.6) is 5.75 Å². The maximum Gasteiger partial charge on any atom is 0.211 e. The number of aromatic hydroxyl groups is 1. The smallest absolute Gasteiger partial charge is 0.211 e.